The highest BCUT2D eigenvalue weighted by Gasteiger charge is 2.34. The van der Waals surface area contributed by atoms with Gasteiger partial charge in [-0.15, -0.1) is 0 Å². The van der Waals surface area contributed by atoms with Crippen LogP contribution >= 0.6 is 11.6 Å². The minimum absolute atomic E-state index is 0.0319. The van der Waals surface area contributed by atoms with Gasteiger partial charge in [-0.1, -0.05) is 11.6 Å². The maximum atomic E-state index is 9.26. The van der Waals surface area contributed by atoms with Crippen molar-refractivity contribution in [3.05, 3.63) is 22.6 Å². The predicted molar refractivity (Wildman–Crippen MR) is 70.8 cm³/mol. The zero-order valence-corrected chi connectivity index (χ0v) is 11.5. The van der Waals surface area contributed by atoms with Crippen LogP contribution in [0.4, 0.5) is 5.69 Å². The molecule has 1 unspecified atom stereocenters. The number of pyridine rings is 1. The van der Waals surface area contributed by atoms with Crippen LogP contribution in [0.3, 0.4) is 0 Å². The van der Waals surface area contributed by atoms with Crippen molar-refractivity contribution in [1.29, 1.82) is 5.26 Å². The van der Waals surface area contributed by atoms with Crippen LogP contribution in [-0.2, 0) is 7.05 Å². The second-order valence-electron chi connectivity index (χ2n) is 4.51. The summed E-state index contributed by atoms with van der Waals surface area (Å²) in [6.45, 7) is 2.02. The van der Waals surface area contributed by atoms with Crippen molar-refractivity contribution >= 4 is 17.3 Å². The van der Waals surface area contributed by atoms with Crippen LogP contribution in [0.2, 0.25) is 5.15 Å². The highest BCUT2D eigenvalue weighted by atomic mass is 35.5. The number of aryl methyl sites for hydroxylation is 1. The first-order valence-corrected chi connectivity index (χ1v) is 6.15. The van der Waals surface area contributed by atoms with E-state index in [1.165, 1.54) is 11.0 Å². The van der Waals surface area contributed by atoms with E-state index in [1.54, 1.807) is 7.05 Å². The average molecular weight is 275 g/mol. The van der Waals surface area contributed by atoms with Crippen molar-refractivity contribution in [3.8, 4) is 17.3 Å². The van der Waals surface area contributed by atoms with E-state index < -0.39 is 0 Å². The number of halogens is 1. The van der Waals surface area contributed by atoms with Crippen LogP contribution < -0.4 is 4.90 Å². The molecule has 0 radical (unpaired) electrons. The molecule has 0 spiro atoms. The molecule has 19 heavy (non-hydrogen) atoms. The van der Waals surface area contributed by atoms with E-state index in [-0.39, 0.29) is 6.04 Å². The molecule has 7 heteroatoms. The molecular weight excluding hydrogens is 264 g/mol. The number of anilines is 1. The van der Waals surface area contributed by atoms with Crippen LogP contribution in [-0.4, -0.2) is 27.0 Å². The Morgan fingerprint density at radius 1 is 1.37 bits per heavy atom. The van der Waals surface area contributed by atoms with Gasteiger partial charge in [-0.2, -0.15) is 20.3 Å². The Kier molecular flexibility index (Phi) is 2.47. The fraction of sp³-hybridized carbons (Fsp3) is 0.333. The van der Waals surface area contributed by atoms with Crippen molar-refractivity contribution in [2.24, 2.45) is 7.05 Å². The molecule has 0 aliphatic carbocycles. The Bertz CT molecular complexity index is 714. The lowest BCUT2D eigenvalue weighted by Crippen LogP contribution is -2.27. The monoisotopic (exact) mass is 274 g/mol. The van der Waals surface area contributed by atoms with Crippen molar-refractivity contribution in [2.45, 2.75) is 13.0 Å². The van der Waals surface area contributed by atoms with Crippen LogP contribution in [0, 0.1) is 11.3 Å². The summed E-state index contributed by atoms with van der Waals surface area (Å²) in [4.78, 5) is 7.56. The summed E-state index contributed by atoms with van der Waals surface area (Å²) in [5, 5.41) is 18.4. The number of aromatic nitrogens is 4. The molecule has 1 atom stereocenters. The first-order valence-electron chi connectivity index (χ1n) is 5.77. The molecule has 0 bridgehead atoms. The van der Waals surface area contributed by atoms with E-state index in [2.05, 4.69) is 21.3 Å². The molecule has 1 aliphatic rings. The van der Waals surface area contributed by atoms with Gasteiger partial charge in [-0.05, 0) is 6.92 Å². The Morgan fingerprint density at radius 3 is 2.79 bits per heavy atom. The van der Waals surface area contributed by atoms with Gasteiger partial charge in [0.05, 0.1) is 17.3 Å². The second-order valence-corrected chi connectivity index (χ2v) is 4.87. The molecular formula is C12H11ClN6. The Morgan fingerprint density at radius 2 is 2.11 bits per heavy atom. The second kappa shape index (κ2) is 3.93. The standard InChI is InChI=1S/C12H11ClN6/c1-6-9-10(17-19(3)16-9)8-7(4-14)5-15-12(13)11(8)18(6)2/h5-6H,1-3H3. The van der Waals surface area contributed by atoms with Gasteiger partial charge in [0, 0.05) is 25.9 Å². The summed E-state index contributed by atoms with van der Waals surface area (Å²) in [6, 6.07) is 2.17. The molecule has 0 saturated carbocycles. The molecule has 3 heterocycles. The number of hydrogen-bond donors (Lipinski definition) is 0. The highest BCUT2D eigenvalue weighted by Crippen LogP contribution is 2.46. The molecule has 2 aromatic heterocycles. The highest BCUT2D eigenvalue weighted by molar-refractivity contribution is 6.33. The van der Waals surface area contributed by atoms with Crippen LogP contribution in [0.15, 0.2) is 6.20 Å². The molecule has 6 nitrogen and oxygen atoms in total. The maximum absolute atomic E-state index is 9.26. The molecule has 1 aliphatic heterocycles. The quantitative estimate of drug-likeness (QED) is 0.686. The number of nitrogens with zero attached hydrogens (tertiary/aromatic N) is 6. The van der Waals surface area contributed by atoms with Crippen molar-refractivity contribution in [3.63, 3.8) is 0 Å². The molecule has 0 fully saturated rings. The van der Waals surface area contributed by atoms with E-state index in [9.17, 15) is 5.26 Å². The van der Waals surface area contributed by atoms with E-state index >= 15 is 0 Å². The Labute approximate surface area is 115 Å². The number of nitriles is 1. The lowest BCUT2D eigenvalue weighted by molar-refractivity contribution is 0.625. The van der Waals surface area contributed by atoms with Gasteiger partial charge < -0.3 is 4.90 Å². The third-order valence-electron chi connectivity index (χ3n) is 3.43. The van der Waals surface area contributed by atoms with Crippen molar-refractivity contribution < 1.29 is 0 Å². The van der Waals surface area contributed by atoms with E-state index in [0.29, 0.717) is 22.0 Å². The average Bonchev–Trinajstić information content (AvgIpc) is 2.77. The van der Waals surface area contributed by atoms with Crippen molar-refractivity contribution in [2.75, 3.05) is 11.9 Å². The SMILES string of the molecule is CC1c2nn(C)nc2-c2c(C#N)cnc(Cl)c2N1C. The molecule has 96 valence electrons. The van der Waals surface area contributed by atoms with Gasteiger partial charge >= 0.3 is 0 Å². The topological polar surface area (TPSA) is 70.6 Å². The fourth-order valence-corrected chi connectivity index (χ4v) is 2.66. The Balaban J connectivity index is 2.43. The van der Waals surface area contributed by atoms with E-state index in [1.807, 2.05) is 18.9 Å². The molecule has 2 aromatic rings. The van der Waals surface area contributed by atoms with Gasteiger partial charge in [0.1, 0.15) is 17.5 Å². The van der Waals surface area contributed by atoms with Gasteiger partial charge in [-0.25, -0.2) is 4.98 Å². The van der Waals surface area contributed by atoms with Crippen molar-refractivity contribution in [1.82, 2.24) is 20.0 Å². The molecule has 3 rings (SSSR count). The first kappa shape index (κ1) is 11.9. The maximum Gasteiger partial charge on any atom is 0.153 e. The summed E-state index contributed by atoms with van der Waals surface area (Å²) < 4.78 is 0. The summed E-state index contributed by atoms with van der Waals surface area (Å²) in [6.07, 6.45) is 1.48. The summed E-state index contributed by atoms with van der Waals surface area (Å²) >= 11 is 6.19. The number of hydrogen-bond acceptors (Lipinski definition) is 5. The van der Waals surface area contributed by atoms with Crippen LogP contribution in [0.25, 0.3) is 11.3 Å². The van der Waals surface area contributed by atoms with Gasteiger partial charge in [0.15, 0.2) is 5.15 Å². The first-order chi connectivity index (χ1) is 9.04. The van der Waals surface area contributed by atoms with Gasteiger partial charge in [-0.3, -0.25) is 0 Å². The fourth-order valence-electron chi connectivity index (χ4n) is 2.38. The van der Waals surface area contributed by atoms with E-state index in [0.717, 1.165) is 11.4 Å². The summed E-state index contributed by atoms with van der Waals surface area (Å²) in [5.41, 5.74) is 3.47. The zero-order valence-electron chi connectivity index (χ0n) is 10.7. The van der Waals surface area contributed by atoms with Crippen LogP contribution in [0.5, 0.6) is 0 Å². The van der Waals surface area contributed by atoms with Crippen LogP contribution in [0.1, 0.15) is 24.2 Å². The van der Waals surface area contributed by atoms with E-state index in [4.69, 9.17) is 11.6 Å². The Hall–Kier alpha value is -2.13. The third kappa shape index (κ3) is 1.52. The molecule has 0 saturated heterocycles. The minimum Gasteiger partial charge on any atom is -0.363 e. The smallest absolute Gasteiger partial charge is 0.153 e. The lowest BCUT2D eigenvalue weighted by atomic mass is 9.96. The molecule has 0 amide bonds. The summed E-state index contributed by atoms with van der Waals surface area (Å²) in [7, 11) is 3.68. The zero-order chi connectivity index (χ0) is 13.7. The minimum atomic E-state index is 0.0319. The molecule has 0 N–H and O–H groups in total. The summed E-state index contributed by atoms with van der Waals surface area (Å²) in [5.74, 6) is 0. The predicted octanol–water partition coefficient (Wildman–Crippen LogP) is 1.91. The largest absolute Gasteiger partial charge is 0.363 e. The number of rotatable bonds is 0. The third-order valence-corrected chi connectivity index (χ3v) is 3.71. The normalized spacial score (nSPS) is 16.8. The van der Waals surface area contributed by atoms with Gasteiger partial charge in [0.25, 0.3) is 0 Å². The van der Waals surface area contributed by atoms with Gasteiger partial charge in [0.2, 0.25) is 0 Å². The number of fused-ring (bicyclic) bond motifs is 3. The lowest BCUT2D eigenvalue weighted by Gasteiger charge is -2.32. The molecule has 0 aromatic carbocycles.